The Bertz CT molecular complexity index is 435. The number of halogens is 4. The molecule has 0 aliphatic heterocycles. The molecule has 1 nitrogen and oxygen atoms in total. The Morgan fingerprint density at radius 3 is 2.35 bits per heavy atom. The molecule has 1 aromatic rings. The maximum atomic E-state index is 13.1. The van der Waals surface area contributed by atoms with Gasteiger partial charge in [-0.1, -0.05) is 13.0 Å². The molecule has 5 heteroatoms. The number of rotatable bonds is 2. The SMILES string of the molecule is CC1(C(N)c2ccc(F)c(C(F)(F)F)c2)CC1. The predicted molar refractivity (Wildman–Crippen MR) is 55.7 cm³/mol. The van der Waals surface area contributed by atoms with E-state index in [0.29, 0.717) is 5.56 Å². The van der Waals surface area contributed by atoms with Crippen LogP contribution in [-0.2, 0) is 6.18 Å². The van der Waals surface area contributed by atoms with Crippen molar-refractivity contribution in [3.8, 4) is 0 Å². The molecule has 17 heavy (non-hydrogen) atoms. The minimum atomic E-state index is -4.68. The third kappa shape index (κ3) is 2.29. The normalized spacial score (nSPS) is 20.1. The Balaban J connectivity index is 2.37. The molecule has 0 spiro atoms. The molecule has 0 saturated heterocycles. The molecule has 0 aromatic heterocycles. The van der Waals surface area contributed by atoms with Gasteiger partial charge >= 0.3 is 6.18 Å². The molecule has 1 unspecified atom stereocenters. The van der Waals surface area contributed by atoms with E-state index in [0.717, 1.165) is 25.0 Å². The lowest BCUT2D eigenvalue weighted by molar-refractivity contribution is -0.140. The minimum absolute atomic E-state index is 0.138. The first-order valence-electron chi connectivity index (χ1n) is 5.36. The Kier molecular flexibility index (Phi) is 2.69. The summed E-state index contributed by atoms with van der Waals surface area (Å²) in [5, 5.41) is 0. The second-order valence-corrected chi connectivity index (χ2v) is 4.87. The second kappa shape index (κ2) is 3.70. The smallest absolute Gasteiger partial charge is 0.323 e. The first-order valence-corrected chi connectivity index (χ1v) is 5.36. The average molecular weight is 247 g/mol. The molecule has 1 aromatic carbocycles. The Morgan fingerprint density at radius 1 is 1.29 bits per heavy atom. The van der Waals surface area contributed by atoms with E-state index in [1.54, 1.807) is 0 Å². The summed E-state index contributed by atoms with van der Waals surface area (Å²) in [6.07, 6.45) is -2.88. The van der Waals surface area contributed by atoms with Crippen molar-refractivity contribution in [2.75, 3.05) is 0 Å². The van der Waals surface area contributed by atoms with E-state index in [1.165, 1.54) is 6.07 Å². The summed E-state index contributed by atoms with van der Waals surface area (Å²) in [6.45, 7) is 1.92. The maximum Gasteiger partial charge on any atom is 0.419 e. The zero-order valence-electron chi connectivity index (χ0n) is 9.31. The van der Waals surface area contributed by atoms with E-state index < -0.39 is 23.6 Å². The second-order valence-electron chi connectivity index (χ2n) is 4.87. The maximum absolute atomic E-state index is 13.1. The predicted octanol–water partition coefficient (Wildman–Crippen LogP) is 3.64. The first-order chi connectivity index (χ1) is 7.74. The summed E-state index contributed by atoms with van der Waals surface area (Å²) in [7, 11) is 0. The van der Waals surface area contributed by atoms with Crippen molar-refractivity contribution >= 4 is 0 Å². The molecule has 0 heterocycles. The summed E-state index contributed by atoms with van der Waals surface area (Å²) >= 11 is 0. The molecule has 94 valence electrons. The number of benzene rings is 1. The lowest BCUT2D eigenvalue weighted by Crippen LogP contribution is -2.21. The van der Waals surface area contributed by atoms with Gasteiger partial charge in [-0.25, -0.2) is 4.39 Å². The average Bonchev–Trinajstić information content (AvgIpc) is 2.96. The zero-order chi connectivity index (χ0) is 12.8. The van der Waals surface area contributed by atoms with Crippen molar-refractivity contribution in [2.24, 2.45) is 11.1 Å². The van der Waals surface area contributed by atoms with Gasteiger partial charge in [-0.3, -0.25) is 0 Å². The molecule has 1 fully saturated rings. The summed E-state index contributed by atoms with van der Waals surface area (Å²) in [5.41, 5.74) is 4.87. The molecule has 1 atom stereocenters. The fourth-order valence-electron chi connectivity index (χ4n) is 1.86. The van der Waals surface area contributed by atoms with Gasteiger partial charge in [-0.05, 0) is 36.0 Å². The van der Waals surface area contributed by atoms with E-state index >= 15 is 0 Å². The lowest BCUT2D eigenvalue weighted by atomic mass is 9.91. The van der Waals surface area contributed by atoms with Crippen molar-refractivity contribution in [1.29, 1.82) is 0 Å². The molecule has 0 bridgehead atoms. The highest BCUT2D eigenvalue weighted by Gasteiger charge is 2.44. The monoisotopic (exact) mass is 247 g/mol. The van der Waals surface area contributed by atoms with Crippen LogP contribution in [0.25, 0.3) is 0 Å². The van der Waals surface area contributed by atoms with Gasteiger partial charge in [-0.2, -0.15) is 13.2 Å². The molecular formula is C12H13F4N. The molecule has 0 amide bonds. The summed E-state index contributed by atoms with van der Waals surface area (Å²) in [6, 6.07) is 2.52. The fraction of sp³-hybridized carbons (Fsp3) is 0.500. The number of hydrogen-bond acceptors (Lipinski definition) is 1. The topological polar surface area (TPSA) is 26.0 Å². The quantitative estimate of drug-likeness (QED) is 0.793. The van der Waals surface area contributed by atoms with E-state index in [4.69, 9.17) is 5.73 Å². The summed E-state index contributed by atoms with van der Waals surface area (Å²) in [5.74, 6) is -1.26. The van der Waals surface area contributed by atoms with Crippen LogP contribution in [0.5, 0.6) is 0 Å². The Labute approximate surface area is 96.6 Å². The number of hydrogen-bond donors (Lipinski definition) is 1. The van der Waals surface area contributed by atoms with Gasteiger partial charge in [0.1, 0.15) is 5.82 Å². The molecule has 2 rings (SSSR count). The van der Waals surface area contributed by atoms with E-state index in [1.807, 2.05) is 6.92 Å². The Morgan fingerprint density at radius 2 is 1.88 bits per heavy atom. The van der Waals surface area contributed by atoms with Crippen LogP contribution in [0.2, 0.25) is 0 Å². The highest BCUT2D eigenvalue weighted by Crippen LogP contribution is 2.53. The number of alkyl halides is 3. The highest BCUT2D eigenvalue weighted by atomic mass is 19.4. The van der Waals surface area contributed by atoms with Gasteiger partial charge in [0.25, 0.3) is 0 Å². The third-order valence-electron chi connectivity index (χ3n) is 3.44. The van der Waals surface area contributed by atoms with Crippen LogP contribution in [0, 0.1) is 11.2 Å². The van der Waals surface area contributed by atoms with Gasteiger partial charge in [0.15, 0.2) is 0 Å². The van der Waals surface area contributed by atoms with Gasteiger partial charge in [0.05, 0.1) is 5.56 Å². The van der Waals surface area contributed by atoms with Crippen molar-refractivity contribution in [1.82, 2.24) is 0 Å². The van der Waals surface area contributed by atoms with E-state index in [9.17, 15) is 17.6 Å². The largest absolute Gasteiger partial charge is 0.419 e. The van der Waals surface area contributed by atoms with Crippen molar-refractivity contribution in [3.63, 3.8) is 0 Å². The molecular weight excluding hydrogens is 234 g/mol. The van der Waals surface area contributed by atoms with Crippen LogP contribution in [0.4, 0.5) is 17.6 Å². The lowest BCUT2D eigenvalue weighted by Gasteiger charge is -2.20. The van der Waals surface area contributed by atoms with E-state index in [2.05, 4.69) is 0 Å². The standard InChI is InChI=1S/C12H13F4N/c1-11(4-5-11)10(17)7-2-3-9(13)8(6-7)12(14,15)16/h2-3,6,10H,4-5,17H2,1H3. The zero-order valence-corrected chi connectivity index (χ0v) is 9.31. The fourth-order valence-corrected chi connectivity index (χ4v) is 1.86. The van der Waals surface area contributed by atoms with Crippen molar-refractivity contribution < 1.29 is 17.6 Å². The molecule has 1 aliphatic rings. The molecule has 0 radical (unpaired) electrons. The molecule has 1 saturated carbocycles. The van der Waals surface area contributed by atoms with Gasteiger partial charge < -0.3 is 5.73 Å². The van der Waals surface area contributed by atoms with Crippen LogP contribution in [0.1, 0.15) is 36.9 Å². The minimum Gasteiger partial charge on any atom is -0.323 e. The summed E-state index contributed by atoms with van der Waals surface area (Å²) < 4.78 is 50.7. The summed E-state index contributed by atoms with van der Waals surface area (Å²) in [4.78, 5) is 0. The van der Waals surface area contributed by atoms with Crippen molar-refractivity contribution in [2.45, 2.75) is 32.0 Å². The van der Waals surface area contributed by atoms with Gasteiger partial charge in [0.2, 0.25) is 0 Å². The molecule has 2 N–H and O–H groups in total. The van der Waals surface area contributed by atoms with Gasteiger partial charge in [-0.15, -0.1) is 0 Å². The molecule has 1 aliphatic carbocycles. The van der Waals surface area contributed by atoms with Crippen LogP contribution in [0.15, 0.2) is 18.2 Å². The number of nitrogens with two attached hydrogens (primary N) is 1. The van der Waals surface area contributed by atoms with Crippen LogP contribution in [0.3, 0.4) is 0 Å². The van der Waals surface area contributed by atoms with Crippen LogP contribution < -0.4 is 5.73 Å². The van der Waals surface area contributed by atoms with Crippen LogP contribution >= 0.6 is 0 Å². The van der Waals surface area contributed by atoms with Crippen LogP contribution in [-0.4, -0.2) is 0 Å². The van der Waals surface area contributed by atoms with Gasteiger partial charge in [0, 0.05) is 6.04 Å². The van der Waals surface area contributed by atoms with E-state index in [-0.39, 0.29) is 5.41 Å². The van der Waals surface area contributed by atoms with Crippen molar-refractivity contribution in [3.05, 3.63) is 35.1 Å². The third-order valence-corrected chi connectivity index (χ3v) is 3.44. The highest BCUT2D eigenvalue weighted by molar-refractivity contribution is 5.31. The first kappa shape index (κ1) is 12.4. The Hall–Kier alpha value is -1.10.